The van der Waals surface area contributed by atoms with Crippen molar-refractivity contribution in [3.05, 3.63) is 65.2 Å². The lowest BCUT2D eigenvalue weighted by atomic mass is 10.0. The van der Waals surface area contributed by atoms with Crippen molar-refractivity contribution in [3.63, 3.8) is 0 Å². The van der Waals surface area contributed by atoms with E-state index in [1.54, 1.807) is 6.07 Å². The molecule has 1 saturated carbocycles. The maximum Gasteiger partial charge on any atom is 0.240 e. The zero-order valence-corrected chi connectivity index (χ0v) is 13.4. The molecule has 0 unspecified atom stereocenters. The van der Waals surface area contributed by atoms with E-state index in [0.29, 0.717) is 6.07 Å². The van der Waals surface area contributed by atoms with Crippen LogP contribution >= 0.6 is 0 Å². The maximum atomic E-state index is 13.7. The van der Waals surface area contributed by atoms with E-state index in [0.717, 1.165) is 6.07 Å². The molecule has 2 aromatic rings. The van der Waals surface area contributed by atoms with Crippen molar-refractivity contribution in [2.75, 3.05) is 5.32 Å². The van der Waals surface area contributed by atoms with Crippen LogP contribution in [0.1, 0.15) is 18.4 Å². The second-order valence-corrected chi connectivity index (χ2v) is 6.03. The first kappa shape index (κ1) is 17.9. The predicted octanol–water partition coefficient (Wildman–Crippen LogP) is 3.28. The summed E-state index contributed by atoms with van der Waals surface area (Å²) >= 11 is 0. The summed E-state index contributed by atoms with van der Waals surface area (Å²) in [7, 11) is 0. The van der Waals surface area contributed by atoms with Crippen LogP contribution in [0.25, 0.3) is 0 Å². The average molecular weight is 366 g/mol. The molecule has 0 saturated heterocycles. The van der Waals surface area contributed by atoms with Gasteiger partial charge in [-0.15, -0.1) is 0 Å². The smallest absolute Gasteiger partial charge is 0.240 e. The topological polar surface area (TPSA) is 58.2 Å². The molecule has 8 heteroatoms. The highest BCUT2D eigenvalue weighted by molar-refractivity contribution is 6.13. The minimum atomic E-state index is -1.71. The second-order valence-electron chi connectivity index (χ2n) is 6.03. The predicted molar refractivity (Wildman–Crippen MR) is 84.9 cm³/mol. The lowest BCUT2D eigenvalue weighted by Crippen LogP contribution is -2.40. The number of benzene rings is 2. The first-order valence-electron chi connectivity index (χ1n) is 7.82. The molecule has 1 aliphatic rings. The van der Waals surface area contributed by atoms with Gasteiger partial charge in [-0.2, -0.15) is 0 Å². The molecule has 2 amide bonds. The summed E-state index contributed by atoms with van der Waals surface area (Å²) in [5, 5.41) is 4.59. The van der Waals surface area contributed by atoms with Crippen LogP contribution in [0, 0.1) is 28.7 Å². The minimum Gasteiger partial charge on any atom is -0.351 e. The molecular weight excluding hydrogens is 352 g/mol. The van der Waals surface area contributed by atoms with Crippen LogP contribution in [0.4, 0.5) is 23.2 Å². The number of amides is 2. The van der Waals surface area contributed by atoms with Crippen molar-refractivity contribution >= 4 is 17.5 Å². The summed E-state index contributed by atoms with van der Waals surface area (Å²) in [4.78, 5) is 24.7. The van der Waals surface area contributed by atoms with Crippen molar-refractivity contribution in [2.24, 2.45) is 5.41 Å². The van der Waals surface area contributed by atoms with Gasteiger partial charge in [0.15, 0.2) is 17.5 Å². The van der Waals surface area contributed by atoms with Gasteiger partial charge in [0, 0.05) is 12.1 Å². The number of rotatable bonds is 5. The Morgan fingerprint density at radius 2 is 1.58 bits per heavy atom. The van der Waals surface area contributed by atoms with E-state index in [4.69, 9.17) is 0 Å². The Hall–Kier alpha value is -2.90. The van der Waals surface area contributed by atoms with E-state index in [1.165, 1.54) is 18.2 Å². The number of nitrogens with one attached hydrogen (secondary N) is 2. The maximum absolute atomic E-state index is 13.7. The van der Waals surface area contributed by atoms with Gasteiger partial charge in [0.2, 0.25) is 11.8 Å². The summed E-state index contributed by atoms with van der Waals surface area (Å²) < 4.78 is 53.4. The molecule has 0 radical (unpaired) electrons. The van der Waals surface area contributed by atoms with Crippen LogP contribution in [0.15, 0.2) is 36.4 Å². The number of carbonyl (C=O) groups excluding carboxylic acids is 2. The summed E-state index contributed by atoms with van der Waals surface area (Å²) in [6.07, 6.45) is 0.431. The van der Waals surface area contributed by atoms with Crippen molar-refractivity contribution in [1.29, 1.82) is 0 Å². The van der Waals surface area contributed by atoms with E-state index < -0.39 is 46.2 Å². The van der Waals surface area contributed by atoms with Gasteiger partial charge in [-0.25, -0.2) is 17.6 Å². The first-order valence-corrected chi connectivity index (χ1v) is 7.82. The first-order chi connectivity index (χ1) is 12.3. The zero-order valence-electron chi connectivity index (χ0n) is 13.4. The molecule has 0 atom stereocenters. The number of hydrogen-bond acceptors (Lipinski definition) is 2. The normalized spacial score (nSPS) is 14.6. The van der Waals surface area contributed by atoms with Crippen molar-refractivity contribution < 1.29 is 27.2 Å². The fourth-order valence-electron chi connectivity index (χ4n) is 2.53. The molecule has 2 N–H and O–H groups in total. The molecule has 1 fully saturated rings. The molecule has 26 heavy (non-hydrogen) atoms. The Morgan fingerprint density at radius 1 is 0.885 bits per heavy atom. The highest BCUT2D eigenvalue weighted by Crippen LogP contribution is 2.47. The minimum absolute atomic E-state index is 0.111. The Bertz CT molecular complexity index is 881. The third kappa shape index (κ3) is 3.26. The molecule has 0 spiro atoms. The Morgan fingerprint density at radius 3 is 2.23 bits per heavy atom. The quantitative estimate of drug-likeness (QED) is 0.485. The van der Waals surface area contributed by atoms with E-state index >= 15 is 0 Å². The molecule has 0 aromatic heterocycles. The van der Waals surface area contributed by atoms with E-state index in [1.807, 2.05) is 0 Å². The molecule has 0 heterocycles. The fourth-order valence-corrected chi connectivity index (χ4v) is 2.53. The average Bonchev–Trinajstić information content (AvgIpc) is 3.43. The van der Waals surface area contributed by atoms with Crippen LogP contribution < -0.4 is 10.6 Å². The third-order valence-electron chi connectivity index (χ3n) is 4.30. The molecule has 3 rings (SSSR count). The Kier molecular flexibility index (Phi) is 4.67. The SMILES string of the molecule is O=C(NCc1ccccc1F)C1(C(=O)Nc2ccc(F)c(F)c2F)CC1. The lowest BCUT2D eigenvalue weighted by molar-refractivity contribution is -0.134. The lowest BCUT2D eigenvalue weighted by Gasteiger charge is -2.16. The third-order valence-corrected chi connectivity index (χ3v) is 4.30. The van der Waals surface area contributed by atoms with Crippen molar-refractivity contribution in [2.45, 2.75) is 19.4 Å². The van der Waals surface area contributed by atoms with Crippen LogP contribution in [0.5, 0.6) is 0 Å². The van der Waals surface area contributed by atoms with Gasteiger partial charge in [-0.05, 0) is 31.0 Å². The highest BCUT2D eigenvalue weighted by Gasteiger charge is 2.56. The standard InChI is InChI=1S/C18H14F4N2O2/c19-11-4-2-1-3-10(11)9-23-16(25)18(7-8-18)17(26)24-13-6-5-12(20)14(21)15(13)22/h1-6H,7-9H2,(H,23,25)(H,24,26). The van der Waals surface area contributed by atoms with Crippen molar-refractivity contribution in [1.82, 2.24) is 5.32 Å². The van der Waals surface area contributed by atoms with Crippen LogP contribution in [0.3, 0.4) is 0 Å². The Balaban J connectivity index is 1.68. The Labute approximate surface area is 146 Å². The monoisotopic (exact) mass is 366 g/mol. The van der Waals surface area contributed by atoms with Gasteiger partial charge in [0.05, 0.1) is 5.69 Å². The summed E-state index contributed by atoms with van der Waals surface area (Å²) in [5.41, 5.74) is -1.73. The summed E-state index contributed by atoms with van der Waals surface area (Å²) in [6.45, 7) is -0.111. The van der Waals surface area contributed by atoms with Gasteiger partial charge in [-0.3, -0.25) is 9.59 Å². The van der Waals surface area contributed by atoms with Gasteiger partial charge in [-0.1, -0.05) is 18.2 Å². The van der Waals surface area contributed by atoms with Crippen LogP contribution in [0.2, 0.25) is 0 Å². The summed E-state index contributed by atoms with van der Waals surface area (Å²) in [6, 6.07) is 7.40. The molecule has 4 nitrogen and oxygen atoms in total. The molecule has 0 aliphatic heterocycles. The summed E-state index contributed by atoms with van der Waals surface area (Å²) in [5.74, 6) is -6.59. The number of halogens is 4. The molecule has 136 valence electrons. The number of hydrogen-bond donors (Lipinski definition) is 2. The number of anilines is 1. The van der Waals surface area contributed by atoms with Crippen molar-refractivity contribution in [3.8, 4) is 0 Å². The zero-order chi connectivity index (χ0) is 18.9. The highest BCUT2D eigenvalue weighted by atomic mass is 19.2. The molecule has 0 bridgehead atoms. The second kappa shape index (κ2) is 6.78. The van der Waals surface area contributed by atoms with E-state index in [2.05, 4.69) is 10.6 Å². The molecule has 1 aliphatic carbocycles. The molecular formula is C18H14F4N2O2. The van der Waals surface area contributed by atoms with E-state index in [9.17, 15) is 27.2 Å². The van der Waals surface area contributed by atoms with Gasteiger partial charge in [0.1, 0.15) is 11.2 Å². The largest absolute Gasteiger partial charge is 0.351 e. The number of carbonyl (C=O) groups is 2. The van der Waals surface area contributed by atoms with Gasteiger partial charge < -0.3 is 10.6 Å². The molecule has 2 aromatic carbocycles. The fraction of sp³-hybridized carbons (Fsp3) is 0.222. The van der Waals surface area contributed by atoms with Crippen LogP contribution in [-0.2, 0) is 16.1 Å². The van der Waals surface area contributed by atoms with Crippen LogP contribution in [-0.4, -0.2) is 11.8 Å². The van der Waals surface area contributed by atoms with E-state index in [-0.39, 0.29) is 24.9 Å². The van der Waals surface area contributed by atoms with Gasteiger partial charge >= 0.3 is 0 Å². The van der Waals surface area contributed by atoms with Gasteiger partial charge in [0.25, 0.3) is 0 Å².